The zero-order valence-electron chi connectivity index (χ0n) is 19.5. The molecule has 6 heterocycles. The Hall–Kier alpha value is -6.14. The lowest BCUT2D eigenvalue weighted by Crippen LogP contribution is -2.22. The summed E-state index contributed by atoms with van der Waals surface area (Å²) in [6, 6.07) is 1.52. The molecule has 38 heavy (non-hydrogen) atoms. The molecule has 19 heteroatoms. The van der Waals surface area contributed by atoms with E-state index in [1.165, 1.54) is 37.4 Å². The van der Waals surface area contributed by atoms with Crippen LogP contribution < -0.4 is 39.7 Å². The molecule has 12 N–H and O–H groups in total. The molecule has 6 aromatic rings. The number of hydrogen-bond acceptors (Lipinski definition) is 13. The minimum absolute atomic E-state index is 0.0896. The Kier molecular flexibility index (Phi) is 8.37. The number of nitrogens with zero attached hydrogens (tertiary/aromatic N) is 6. The summed E-state index contributed by atoms with van der Waals surface area (Å²) in [5.74, 6) is 0.742. The second kappa shape index (κ2) is 12.0. The number of aromatic nitrogens is 12. The first kappa shape index (κ1) is 26.5. The van der Waals surface area contributed by atoms with Gasteiger partial charge in [-0.3, -0.25) is 19.6 Å². The van der Waals surface area contributed by atoms with Crippen molar-refractivity contribution in [2.75, 3.05) is 17.2 Å². The van der Waals surface area contributed by atoms with Gasteiger partial charge in [0.05, 0.1) is 12.7 Å². The lowest BCUT2D eigenvalue weighted by Gasteiger charge is -1.89. The van der Waals surface area contributed by atoms with Crippen molar-refractivity contribution in [3.05, 3.63) is 84.7 Å². The minimum Gasteiger partial charge on any atom is -0.383 e. The third-order valence-corrected chi connectivity index (χ3v) is 4.25. The van der Waals surface area contributed by atoms with Gasteiger partial charge in [0.1, 0.15) is 17.7 Å². The van der Waals surface area contributed by atoms with Gasteiger partial charge in [-0.25, -0.2) is 29.5 Å². The van der Waals surface area contributed by atoms with Gasteiger partial charge in [-0.15, -0.1) is 0 Å². The van der Waals surface area contributed by atoms with Gasteiger partial charge in [0.2, 0.25) is 5.95 Å². The zero-order valence-corrected chi connectivity index (χ0v) is 19.5. The third kappa shape index (κ3) is 7.18. The van der Waals surface area contributed by atoms with Crippen molar-refractivity contribution in [2.24, 2.45) is 0 Å². The van der Waals surface area contributed by atoms with Crippen molar-refractivity contribution < 1.29 is 0 Å². The molecule has 0 aliphatic heterocycles. The first-order valence-corrected chi connectivity index (χ1v) is 10.3. The van der Waals surface area contributed by atoms with Crippen molar-refractivity contribution in [3.63, 3.8) is 0 Å². The zero-order chi connectivity index (χ0) is 27.7. The molecule has 0 bridgehead atoms. The maximum atomic E-state index is 11.0. The highest BCUT2D eigenvalue weighted by Gasteiger charge is 2.02. The average molecular weight is 523 g/mol. The van der Waals surface area contributed by atoms with E-state index < -0.39 is 11.4 Å². The van der Waals surface area contributed by atoms with Gasteiger partial charge in [0.25, 0.3) is 11.1 Å². The van der Waals surface area contributed by atoms with Crippen LogP contribution in [0.1, 0.15) is 5.56 Å². The SMILES string of the molecule is Cc1c[nH]c(=O)[nH]c1=O.Nc1cc[nH]c(=O)n1.Nc1nc2[nH]cnc2c(=O)[nH]1.Nc1ncnc2[nH]cnc12. The maximum Gasteiger partial charge on any atom is 0.346 e. The number of anilines is 3. The predicted octanol–water partition coefficient (Wildman–Crippen LogP) is -2.11. The van der Waals surface area contributed by atoms with Gasteiger partial charge in [-0.1, -0.05) is 0 Å². The van der Waals surface area contributed by atoms with Crippen LogP contribution in [0.5, 0.6) is 0 Å². The van der Waals surface area contributed by atoms with E-state index in [0.717, 1.165) is 0 Å². The van der Waals surface area contributed by atoms with Crippen LogP contribution in [-0.2, 0) is 0 Å². The Morgan fingerprint density at radius 3 is 2.05 bits per heavy atom. The standard InChI is InChI=1S/C5H5N5O.C5H5N5.C5H6N2O2.C4H5N3O/c6-5-9-3-2(4(11)10-5)7-1-8-3;6-4-3-5(9-1-7-3)10-2-8-4;1-3-2-6-5(9)7-4(3)8;5-3-1-2-6-4(8)7-3/h1H,(H4,6,7,8,9,10,11);1-2H,(H3,6,7,8,9,10);2H,1H3,(H2,6,7,8,9);1-2H,(H3,5,6,7,8). The van der Waals surface area contributed by atoms with Crippen molar-refractivity contribution in [1.82, 2.24) is 59.8 Å². The summed E-state index contributed by atoms with van der Waals surface area (Å²) in [5, 5.41) is 0. The second-order valence-electron chi connectivity index (χ2n) is 6.98. The van der Waals surface area contributed by atoms with Gasteiger partial charge < -0.3 is 37.1 Å². The monoisotopic (exact) mass is 523 g/mol. The Morgan fingerprint density at radius 2 is 1.45 bits per heavy atom. The number of fused-ring (bicyclic) bond motifs is 2. The van der Waals surface area contributed by atoms with Crippen LogP contribution in [0.25, 0.3) is 22.3 Å². The Bertz CT molecular complexity index is 1880. The molecule has 0 aliphatic rings. The van der Waals surface area contributed by atoms with E-state index in [1.807, 2.05) is 0 Å². The quantitative estimate of drug-likeness (QED) is 0.103. The molecule has 0 radical (unpaired) electrons. The number of H-pyrrole nitrogens is 6. The van der Waals surface area contributed by atoms with Crippen LogP contribution >= 0.6 is 0 Å². The number of hydrogen-bond donors (Lipinski definition) is 9. The lowest BCUT2D eigenvalue weighted by molar-refractivity contribution is 1.01. The summed E-state index contributed by atoms with van der Waals surface area (Å²) >= 11 is 0. The van der Waals surface area contributed by atoms with Crippen molar-refractivity contribution in [3.8, 4) is 0 Å². The first-order valence-electron chi connectivity index (χ1n) is 10.3. The minimum atomic E-state index is -0.467. The molecule has 0 aromatic carbocycles. The summed E-state index contributed by atoms with van der Waals surface area (Å²) in [6.07, 6.45) is 7.16. The smallest absolute Gasteiger partial charge is 0.346 e. The molecule has 0 saturated carbocycles. The third-order valence-electron chi connectivity index (χ3n) is 4.25. The molecule has 0 atom stereocenters. The number of nitrogens with one attached hydrogen (secondary N) is 6. The summed E-state index contributed by atoms with van der Waals surface area (Å²) in [5.41, 5.74) is 16.8. The van der Waals surface area contributed by atoms with Gasteiger partial charge in [0.15, 0.2) is 22.6 Å². The Morgan fingerprint density at radius 1 is 0.737 bits per heavy atom. The van der Waals surface area contributed by atoms with Crippen LogP contribution in [0, 0.1) is 6.92 Å². The molecular weight excluding hydrogens is 502 g/mol. The molecule has 0 saturated heterocycles. The molecule has 0 aliphatic carbocycles. The molecule has 0 unspecified atom stereocenters. The van der Waals surface area contributed by atoms with E-state index in [2.05, 4.69) is 59.8 Å². The average Bonchev–Trinajstić information content (AvgIpc) is 3.53. The van der Waals surface area contributed by atoms with Gasteiger partial charge in [-0.2, -0.15) is 9.97 Å². The molecule has 0 spiro atoms. The number of aryl methyl sites for hydroxylation is 1. The fourth-order valence-electron chi connectivity index (χ4n) is 2.51. The maximum absolute atomic E-state index is 11.0. The molecule has 0 amide bonds. The summed E-state index contributed by atoms with van der Waals surface area (Å²) in [4.78, 5) is 79.1. The van der Waals surface area contributed by atoms with E-state index in [0.29, 0.717) is 28.2 Å². The number of nitrogen functional groups attached to an aromatic ring is 3. The molecule has 6 aromatic heterocycles. The van der Waals surface area contributed by atoms with E-state index in [4.69, 9.17) is 17.2 Å². The predicted molar refractivity (Wildman–Crippen MR) is 137 cm³/mol. The van der Waals surface area contributed by atoms with Crippen molar-refractivity contribution in [2.45, 2.75) is 6.92 Å². The lowest BCUT2D eigenvalue weighted by atomic mass is 10.4. The Labute approximate surface area is 209 Å². The van der Waals surface area contributed by atoms with Crippen LogP contribution in [-0.4, -0.2) is 59.8 Å². The molecule has 19 nitrogen and oxygen atoms in total. The number of imidazole rings is 2. The fraction of sp³-hybridized carbons (Fsp3) is 0.0526. The van der Waals surface area contributed by atoms with Crippen LogP contribution in [0.2, 0.25) is 0 Å². The summed E-state index contributed by atoms with van der Waals surface area (Å²) in [6.45, 7) is 1.62. The topological polar surface area (TPSA) is 318 Å². The van der Waals surface area contributed by atoms with E-state index in [1.54, 1.807) is 6.92 Å². The normalized spacial score (nSPS) is 9.92. The van der Waals surface area contributed by atoms with Gasteiger partial charge in [-0.05, 0) is 13.0 Å². The molecular formula is C19H21N15O4. The van der Waals surface area contributed by atoms with Gasteiger partial charge >= 0.3 is 11.4 Å². The number of nitrogens with two attached hydrogens (primary N) is 3. The fourth-order valence-corrected chi connectivity index (χ4v) is 2.51. The highest BCUT2D eigenvalue weighted by atomic mass is 16.2. The Balaban J connectivity index is 0.000000141. The van der Waals surface area contributed by atoms with Crippen LogP contribution in [0.4, 0.5) is 17.6 Å². The number of rotatable bonds is 0. The summed E-state index contributed by atoms with van der Waals surface area (Å²) in [7, 11) is 0. The van der Waals surface area contributed by atoms with Crippen molar-refractivity contribution in [1.29, 1.82) is 0 Å². The summed E-state index contributed by atoms with van der Waals surface area (Å²) < 4.78 is 0. The van der Waals surface area contributed by atoms with E-state index >= 15 is 0 Å². The van der Waals surface area contributed by atoms with Crippen LogP contribution in [0.3, 0.4) is 0 Å². The number of aromatic amines is 6. The molecule has 6 rings (SSSR count). The second-order valence-corrected chi connectivity index (χ2v) is 6.98. The molecule has 0 fully saturated rings. The highest BCUT2D eigenvalue weighted by Crippen LogP contribution is 2.09. The van der Waals surface area contributed by atoms with Gasteiger partial charge in [0, 0.05) is 18.0 Å². The largest absolute Gasteiger partial charge is 0.383 e. The van der Waals surface area contributed by atoms with Crippen molar-refractivity contribution >= 4 is 39.9 Å². The van der Waals surface area contributed by atoms with E-state index in [-0.39, 0.29) is 28.4 Å². The van der Waals surface area contributed by atoms with Crippen LogP contribution in [0.15, 0.2) is 56.6 Å². The molecule has 196 valence electrons. The first-order chi connectivity index (χ1) is 18.1. The van der Waals surface area contributed by atoms with E-state index in [9.17, 15) is 19.2 Å². The highest BCUT2D eigenvalue weighted by molar-refractivity contribution is 5.80.